The van der Waals surface area contributed by atoms with Crippen molar-refractivity contribution in [3.8, 4) is 6.07 Å². The third-order valence-electron chi connectivity index (χ3n) is 3.63. The molecule has 1 aliphatic carbocycles. The van der Waals surface area contributed by atoms with Gasteiger partial charge in [-0.25, -0.2) is 0 Å². The van der Waals surface area contributed by atoms with E-state index in [1.807, 2.05) is 18.2 Å². The van der Waals surface area contributed by atoms with E-state index in [-0.39, 0.29) is 0 Å². The van der Waals surface area contributed by atoms with Gasteiger partial charge >= 0.3 is 0 Å². The summed E-state index contributed by atoms with van der Waals surface area (Å²) in [6, 6.07) is 7.94. The highest BCUT2D eigenvalue weighted by Crippen LogP contribution is 2.44. The topological polar surface area (TPSA) is 23.8 Å². The fourth-order valence-electron chi connectivity index (χ4n) is 2.81. The van der Waals surface area contributed by atoms with Crippen molar-refractivity contribution in [2.45, 2.75) is 38.0 Å². The van der Waals surface area contributed by atoms with Gasteiger partial charge in [0.1, 0.15) is 0 Å². The normalized spacial score (nSPS) is 24.3. The number of rotatable bonds is 2. The molecule has 0 N–H and O–H groups in total. The van der Waals surface area contributed by atoms with E-state index in [4.69, 9.17) is 28.5 Å². The van der Waals surface area contributed by atoms with Gasteiger partial charge in [0, 0.05) is 16.5 Å². The van der Waals surface area contributed by atoms with Crippen molar-refractivity contribution in [1.29, 1.82) is 5.26 Å². The van der Waals surface area contributed by atoms with E-state index in [2.05, 4.69) is 6.07 Å². The van der Waals surface area contributed by atoms with E-state index in [1.165, 1.54) is 12.8 Å². The minimum absolute atomic E-state index is 0.351. The van der Waals surface area contributed by atoms with Crippen LogP contribution in [0.4, 0.5) is 0 Å². The summed E-state index contributed by atoms with van der Waals surface area (Å²) in [4.78, 5) is 0. The van der Waals surface area contributed by atoms with Crippen LogP contribution in [0.3, 0.4) is 0 Å². The predicted octanol–water partition coefficient (Wildman–Crippen LogP) is 5.18. The van der Waals surface area contributed by atoms with Crippen LogP contribution in [0.25, 0.3) is 0 Å². The molecule has 1 nitrogen and oxygen atoms in total. The van der Waals surface area contributed by atoms with Gasteiger partial charge in [-0.05, 0) is 42.4 Å². The molecule has 90 valence electrons. The molecule has 2 unspecified atom stereocenters. The van der Waals surface area contributed by atoms with Crippen molar-refractivity contribution in [2.24, 2.45) is 5.92 Å². The number of hydrogen-bond donors (Lipinski definition) is 0. The summed E-state index contributed by atoms with van der Waals surface area (Å²) in [6.45, 7) is 0. The maximum Gasteiger partial charge on any atom is 0.0624 e. The first-order valence-electron chi connectivity index (χ1n) is 6.05. The third kappa shape index (κ3) is 2.76. The highest BCUT2D eigenvalue weighted by molar-refractivity contribution is 6.36. The number of hydrogen-bond acceptors (Lipinski definition) is 1. The van der Waals surface area contributed by atoms with Gasteiger partial charge in [0.2, 0.25) is 0 Å². The van der Waals surface area contributed by atoms with Gasteiger partial charge in [0.15, 0.2) is 0 Å². The second-order valence-corrected chi connectivity index (χ2v) is 5.46. The number of nitriles is 1. The van der Waals surface area contributed by atoms with Crippen LogP contribution in [0.15, 0.2) is 18.2 Å². The molecule has 0 heterocycles. The monoisotopic (exact) mass is 267 g/mol. The zero-order valence-electron chi connectivity index (χ0n) is 9.63. The zero-order chi connectivity index (χ0) is 12.3. The summed E-state index contributed by atoms with van der Waals surface area (Å²) in [5.74, 6) is 0.760. The Morgan fingerprint density at radius 2 is 1.82 bits per heavy atom. The van der Waals surface area contributed by atoms with Crippen LogP contribution >= 0.6 is 23.2 Å². The number of benzene rings is 1. The summed E-state index contributed by atoms with van der Waals surface area (Å²) in [5, 5.41) is 10.4. The summed E-state index contributed by atoms with van der Waals surface area (Å²) in [6.07, 6.45) is 5.22. The lowest BCUT2D eigenvalue weighted by Gasteiger charge is -2.31. The van der Waals surface area contributed by atoms with Crippen molar-refractivity contribution in [2.75, 3.05) is 0 Å². The summed E-state index contributed by atoms with van der Waals surface area (Å²) in [5.41, 5.74) is 1.05. The van der Waals surface area contributed by atoms with Gasteiger partial charge in [-0.1, -0.05) is 42.1 Å². The minimum atomic E-state index is 0.351. The quantitative estimate of drug-likeness (QED) is 0.724. The van der Waals surface area contributed by atoms with Crippen molar-refractivity contribution in [3.63, 3.8) is 0 Å². The molecule has 1 aliphatic rings. The molecule has 1 aromatic rings. The largest absolute Gasteiger partial charge is 0.198 e. The Bertz CT molecular complexity index is 416. The molecule has 0 radical (unpaired) electrons. The maximum absolute atomic E-state index is 8.91. The molecule has 1 fully saturated rings. The van der Waals surface area contributed by atoms with Gasteiger partial charge in [-0.2, -0.15) is 5.26 Å². The zero-order valence-corrected chi connectivity index (χ0v) is 11.1. The van der Waals surface area contributed by atoms with E-state index in [0.717, 1.165) is 28.5 Å². The molecule has 0 bridgehead atoms. The maximum atomic E-state index is 8.91. The molecule has 2 atom stereocenters. The van der Waals surface area contributed by atoms with Crippen LogP contribution in [-0.2, 0) is 0 Å². The van der Waals surface area contributed by atoms with E-state index in [9.17, 15) is 0 Å². The van der Waals surface area contributed by atoms with Crippen LogP contribution in [0.2, 0.25) is 10.0 Å². The lowest BCUT2D eigenvalue weighted by Crippen LogP contribution is -2.18. The number of halogens is 2. The summed E-state index contributed by atoms with van der Waals surface area (Å²) >= 11 is 12.5. The molecule has 17 heavy (non-hydrogen) atoms. The van der Waals surface area contributed by atoms with E-state index >= 15 is 0 Å². The van der Waals surface area contributed by atoms with Crippen LogP contribution < -0.4 is 0 Å². The molecule has 0 aliphatic heterocycles. The fraction of sp³-hybridized carbons (Fsp3) is 0.500. The minimum Gasteiger partial charge on any atom is -0.198 e. The van der Waals surface area contributed by atoms with E-state index in [0.29, 0.717) is 18.3 Å². The van der Waals surface area contributed by atoms with Crippen molar-refractivity contribution >= 4 is 23.2 Å². The molecule has 1 aromatic carbocycles. The first kappa shape index (κ1) is 12.7. The molecular weight excluding hydrogens is 253 g/mol. The smallest absolute Gasteiger partial charge is 0.0624 e. The van der Waals surface area contributed by atoms with Crippen molar-refractivity contribution in [3.05, 3.63) is 33.8 Å². The summed E-state index contributed by atoms with van der Waals surface area (Å²) in [7, 11) is 0. The lowest BCUT2D eigenvalue weighted by molar-refractivity contribution is 0.312. The van der Waals surface area contributed by atoms with Gasteiger partial charge in [0.05, 0.1) is 6.07 Å². The second kappa shape index (κ2) is 5.76. The Kier molecular flexibility index (Phi) is 4.31. The fourth-order valence-corrected chi connectivity index (χ4v) is 3.49. The third-order valence-corrected chi connectivity index (χ3v) is 4.29. The van der Waals surface area contributed by atoms with Gasteiger partial charge in [0.25, 0.3) is 0 Å². The standard InChI is InChI=1S/C14H15Cl2N/c15-12-6-3-7-13(16)14(12)11-5-2-1-4-10(11)8-9-17/h3,6-7,10-11H,1-2,4-5,8H2. The average molecular weight is 268 g/mol. The van der Waals surface area contributed by atoms with Crippen LogP contribution in [-0.4, -0.2) is 0 Å². The SMILES string of the molecule is N#CCC1CCCCC1c1c(Cl)cccc1Cl. The van der Waals surface area contributed by atoms with Crippen molar-refractivity contribution < 1.29 is 0 Å². The Morgan fingerprint density at radius 1 is 1.18 bits per heavy atom. The summed E-state index contributed by atoms with van der Waals surface area (Å²) < 4.78 is 0. The molecule has 0 aromatic heterocycles. The van der Waals surface area contributed by atoms with E-state index < -0.39 is 0 Å². The molecular formula is C14H15Cl2N. The van der Waals surface area contributed by atoms with Crippen LogP contribution in [0.1, 0.15) is 43.6 Å². The van der Waals surface area contributed by atoms with Crippen molar-refractivity contribution in [1.82, 2.24) is 0 Å². The lowest BCUT2D eigenvalue weighted by atomic mass is 9.74. The predicted molar refractivity (Wildman–Crippen MR) is 71.4 cm³/mol. The van der Waals surface area contributed by atoms with E-state index in [1.54, 1.807) is 0 Å². The second-order valence-electron chi connectivity index (χ2n) is 4.65. The Labute approximate surface area is 112 Å². The highest BCUT2D eigenvalue weighted by atomic mass is 35.5. The Balaban J connectivity index is 2.33. The molecule has 0 spiro atoms. The van der Waals surface area contributed by atoms with Crippen LogP contribution in [0, 0.1) is 17.2 Å². The first-order valence-corrected chi connectivity index (χ1v) is 6.80. The molecule has 0 saturated heterocycles. The highest BCUT2D eigenvalue weighted by Gasteiger charge is 2.29. The Morgan fingerprint density at radius 3 is 2.47 bits per heavy atom. The average Bonchev–Trinajstić information content (AvgIpc) is 2.31. The van der Waals surface area contributed by atoms with Crippen LogP contribution in [0.5, 0.6) is 0 Å². The van der Waals surface area contributed by atoms with Gasteiger partial charge < -0.3 is 0 Å². The number of nitrogens with zero attached hydrogens (tertiary/aromatic N) is 1. The molecule has 3 heteroatoms. The first-order chi connectivity index (χ1) is 8.24. The molecule has 0 amide bonds. The van der Waals surface area contributed by atoms with Gasteiger partial charge in [-0.3, -0.25) is 0 Å². The molecule has 1 saturated carbocycles. The Hall–Kier alpha value is -0.710. The molecule has 2 rings (SSSR count). The van der Waals surface area contributed by atoms with Gasteiger partial charge in [-0.15, -0.1) is 0 Å².